The molecule has 0 bridgehead atoms. The van der Waals surface area contributed by atoms with Gasteiger partial charge < -0.3 is 52.1 Å². The van der Waals surface area contributed by atoms with Crippen molar-refractivity contribution < 1.29 is 77.2 Å². The van der Waals surface area contributed by atoms with Gasteiger partial charge in [-0.15, -0.1) is 15.3 Å². The fourth-order valence-corrected chi connectivity index (χ4v) is 9.29. The van der Waals surface area contributed by atoms with Crippen LogP contribution in [0.3, 0.4) is 0 Å². The molecule has 0 saturated carbocycles. The summed E-state index contributed by atoms with van der Waals surface area (Å²) < 4.78 is 23.1. The van der Waals surface area contributed by atoms with Crippen LogP contribution in [0.2, 0.25) is 0 Å². The van der Waals surface area contributed by atoms with Gasteiger partial charge in [-0.25, -0.2) is 48.4 Å². The van der Waals surface area contributed by atoms with E-state index in [1.807, 2.05) is 18.5 Å². The van der Waals surface area contributed by atoms with Crippen molar-refractivity contribution >= 4 is 137 Å². The number of amides is 3. The molecular weight excluding hydrogens is 1720 g/mol. The number of carboxylic acid groups (broad SMARTS) is 1. The number of Topliss-reactive ketones (excluding diaryl/α,β-unsaturated/α-hetero) is 1. The number of esters is 2. The molecule has 1 aliphatic rings. The highest BCUT2D eigenvalue weighted by atomic mass is 36.0. The summed E-state index contributed by atoms with van der Waals surface area (Å²) in [6.45, 7) is 19.2. The second kappa shape index (κ2) is 50.2. The maximum atomic E-state index is 12.1. The third-order valence-electron chi connectivity index (χ3n) is 14.5. The molecule has 4 atom stereocenters. The van der Waals surface area contributed by atoms with E-state index in [-0.39, 0.29) is 84.0 Å². The van der Waals surface area contributed by atoms with Crippen LogP contribution in [0.1, 0.15) is 121 Å². The van der Waals surface area contributed by atoms with Crippen LogP contribution in [0.25, 0.3) is 28.3 Å². The SMILES string of the molecule is C.CC(=O)NC(C)C(=O)O.CC(=O)NC(C)c1nnc(-c2ccc([N+](=O)[O-])cc2)[nH]c1=O.CCOC(=O)C(=O)C(C)NC(C)=O.CCOC(=O)C(=O)Cl.Cc1nc(C)n2c1C(n1cncn1)N=C(c1ccc([N+](=O)[O-])cc1)N2.Cc1nc(C)n2nc(-c3ccc([N+](=O)[O-])cc3)[nH]c(=O)c12.NN=C(N)c1ccc([N+](=O)[O-])cc1.O=P(Cl)(Cl)Cl.c1nc[nH]n1. The molecule has 652 valence electrons. The van der Waals surface area contributed by atoms with Gasteiger partial charge in [0.05, 0.1) is 56.4 Å². The van der Waals surface area contributed by atoms with Gasteiger partial charge in [-0.3, -0.25) is 93.9 Å². The molecule has 1 aliphatic heterocycles. The molecule has 11 rings (SSSR count). The van der Waals surface area contributed by atoms with Crippen LogP contribution in [0.5, 0.6) is 0 Å². The van der Waals surface area contributed by atoms with Crippen LogP contribution in [0.15, 0.2) is 142 Å². The molecule has 6 aromatic heterocycles. The number of carbonyl (C=O) groups excluding carboxylic acids is 7. The van der Waals surface area contributed by atoms with Gasteiger partial charge in [0.25, 0.3) is 39.7 Å². The van der Waals surface area contributed by atoms with E-state index < -0.39 is 83.7 Å². The molecule has 12 N–H and O–H groups in total. The van der Waals surface area contributed by atoms with Crippen molar-refractivity contribution in [3.05, 3.63) is 229 Å². The average Bonchev–Trinajstić information content (AvgIpc) is 1.60. The molecule has 4 aromatic carbocycles. The number of nitrogens with zero attached hydrogens (tertiary/aromatic N) is 18. The van der Waals surface area contributed by atoms with Gasteiger partial charge >= 0.3 is 28.4 Å². The van der Waals surface area contributed by atoms with E-state index in [1.54, 1.807) is 69.9 Å². The number of aromatic amines is 3. The second-order valence-electron chi connectivity index (χ2n) is 23.5. The Kier molecular flexibility index (Phi) is 42.6. The van der Waals surface area contributed by atoms with E-state index >= 15 is 0 Å². The molecule has 0 aliphatic carbocycles. The summed E-state index contributed by atoms with van der Waals surface area (Å²) in [4.78, 5) is 174. The Morgan fingerprint density at radius 3 is 1.48 bits per heavy atom. The summed E-state index contributed by atoms with van der Waals surface area (Å²) in [6.07, 6.45) is 5.58. The number of fused-ring (bicyclic) bond motifs is 2. The first-order chi connectivity index (χ1) is 56.7. The number of nitro benzene ring substituents is 4. The normalized spacial score (nSPS) is 12.0. The van der Waals surface area contributed by atoms with E-state index in [1.165, 1.54) is 131 Å². The summed E-state index contributed by atoms with van der Waals surface area (Å²) in [5.41, 5.74) is 13.0. The third-order valence-corrected chi connectivity index (χ3v) is 14.6. The number of hydrogen-bond donors (Lipinski definition) is 10. The van der Waals surface area contributed by atoms with Crippen molar-refractivity contribution in [3.63, 3.8) is 0 Å². The minimum atomic E-state index is -3.22. The summed E-state index contributed by atoms with van der Waals surface area (Å²) in [6, 6.07) is 21.1. The molecule has 54 heteroatoms. The summed E-state index contributed by atoms with van der Waals surface area (Å²) in [5.74, 6) is 2.94. The number of nitrogens with one attached hydrogen (secondary N) is 7. The van der Waals surface area contributed by atoms with E-state index in [9.17, 15) is 93.0 Å². The number of non-ortho nitro benzene ring substituents is 4. The zero-order chi connectivity index (χ0) is 91.3. The molecule has 10 aromatic rings. The lowest BCUT2D eigenvalue weighted by atomic mass is 10.1. The highest BCUT2D eigenvalue weighted by Gasteiger charge is 2.30. The quantitative estimate of drug-likeness (QED) is 0.00445. The number of ether oxygens (including phenoxy) is 2. The number of carbonyl (C=O) groups is 8. The number of amidine groups is 2. The Morgan fingerprint density at radius 2 is 1.09 bits per heavy atom. The number of hydrogen-bond acceptors (Lipinski definition) is 34. The van der Waals surface area contributed by atoms with Gasteiger partial charge in [0.1, 0.15) is 60.4 Å². The fourth-order valence-electron chi connectivity index (χ4n) is 9.23. The number of aryl methyl sites for hydroxylation is 4. The van der Waals surface area contributed by atoms with E-state index in [0.717, 1.165) is 22.8 Å². The Balaban J connectivity index is 0.000000486. The standard InChI is InChI=1S/C15H14N8O2.C13H13N5O4.C13H11N5O3.C8H13NO4.C7H8N4O2.C5H9NO3.C4H5ClO3.C2H3N3.CH4.Cl3OP/c1-9-13-15(21-8-16-7-17-21)19-14(20-22(13)10(2)18-9)11-3-5-12(6-4-11)23(24)25;1-7(14-8(2)19)11-13(20)15-12(17-16-11)9-3-5-10(6-4-9)18(21)22;1-7-11-13(19)15-12(16-17(11)8(2)14-7)9-3-5-10(6-4-9)18(20)21;1-4-13-8(12)7(11)5(2)9-6(3)10;8-7(10-9)5-1-3-6(4-2-5)11(12)13;1-3(5(8)9)6-4(2)7;1-2-8-4(7)3(5)6;1-3-2-5-4-1;;1-5(2,3)4/h3-8,15H,1-2H3,(H,19,20);3-7H,1-2H3,(H,14,19)(H,15,17,20);3-6H,1-2H3,(H,15,16,19);5H,4H2,1-3H3,(H,9,10);1-4H,9H2,(H2,8,10);3H,1-2H3,(H,6,7)(H,8,9);2H2,1H3;1-2H,(H,3,4,5);1H4;. The summed E-state index contributed by atoms with van der Waals surface area (Å²) in [5, 5.41) is 78.8. The first kappa shape index (κ1) is 103. The number of H-pyrrole nitrogens is 3. The fraction of sp³-hybridized carbons (Fsp3) is 0.279. The molecule has 7 heterocycles. The highest BCUT2D eigenvalue weighted by Crippen LogP contribution is 2.61. The van der Waals surface area contributed by atoms with E-state index in [0.29, 0.717) is 45.4 Å². The first-order valence-corrected chi connectivity index (χ1v) is 38.8. The lowest BCUT2D eigenvalue weighted by Crippen LogP contribution is -2.41. The molecule has 4 unspecified atom stereocenters. The number of hydrazone groups is 1. The van der Waals surface area contributed by atoms with Gasteiger partial charge in [-0.05, 0) is 156 Å². The Morgan fingerprint density at radius 1 is 0.639 bits per heavy atom. The highest BCUT2D eigenvalue weighted by molar-refractivity contribution is 8.24. The molecule has 0 radical (unpaired) electrons. The van der Waals surface area contributed by atoms with Crippen LogP contribution in [0.4, 0.5) is 22.7 Å². The molecule has 0 fully saturated rings. The number of ketones is 1. The third kappa shape index (κ3) is 34.5. The number of benzene rings is 4. The first-order valence-electron chi connectivity index (χ1n) is 34.1. The largest absolute Gasteiger partial charge is 0.480 e. The van der Waals surface area contributed by atoms with Crippen LogP contribution >= 0.6 is 50.5 Å². The number of aliphatic carboxylic acids is 1. The molecule has 0 spiro atoms. The lowest BCUT2D eigenvalue weighted by molar-refractivity contribution is -0.385. The molecule has 49 nitrogen and oxygen atoms in total. The number of halogens is 4. The smallest absolute Gasteiger partial charge is 0.391 e. The molecular formula is C68H80Cl4N27O22P. The number of rotatable bonds is 19. The van der Waals surface area contributed by atoms with Crippen LogP contribution in [-0.2, 0) is 52.4 Å². The minimum Gasteiger partial charge on any atom is -0.480 e. The topological polar surface area (TPSA) is 702 Å². The van der Waals surface area contributed by atoms with Crippen LogP contribution in [-0.4, -0.2) is 183 Å². The number of nitrogens with two attached hydrogens (primary N) is 2. The average molecular weight is 1800 g/mol. The van der Waals surface area contributed by atoms with Crippen LogP contribution in [0, 0.1) is 68.2 Å². The monoisotopic (exact) mass is 1800 g/mol. The Hall–Kier alpha value is -14.6. The number of aliphatic imine (C=N–C) groups is 1. The number of carboxylic acids is 1. The van der Waals surface area contributed by atoms with Gasteiger partial charge in [-0.2, -0.15) is 15.3 Å². The van der Waals surface area contributed by atoms with Gasteiger partial charge in [-0.1, -0.05) is 7.43 Å². The second-order valence-corrected chi connectivity index (χ2v) is 30.4. The number of imidazole rings is 2. The molecule has 0 saturated heterocycles. The van der Waals surface area contributed by atoms with Crippen molar-refractivity contribution in [1.82, 2.24) is 90.3 Å². The molecule has 122 heavy (non-hydrogen) atoms. The Labute approximate surface area is 708 Å². The van der Waals surface area contributed by atoms with Crippen molar-refractivity contribution in [1.29, 1.82) is 0 Å². The molecule has 3 amide bonds. The van der Waals surface area contributed by atoms with Crippen molar-refractivity contribution in [2.24, 2.45) is 21.7 Å². The van der Waals surface area contributed by atoms with Gasteiger partial charge in [0.15, 0.2) is 29.0 Å². The van der Waals surface area contributed by atoms with Gasteiger partial charge in [0.2, 0.25) is 17.7 Å². The maximum Gasteiger partial charge on any atom is 0.391 e. The Bertz CT molecular complexity index is 5490. The lowest BCUT2D eigenvalue weighted by Gasteiger charge is -2.25. The van der Waals surface area contributed by atoms with Gasteiger partial charge in [0, 0.05) is 91.6 Å². The van der Waals surface area contributed by atoms with Crippen molar-refractivity contribution in [2.75, 3.05) is 18.6 Å². The summed E-state index contributed by atoms with van der Waals surface area (Å²) >= 11 is 18.5. The minimum absolute atomic E-state index is 0. The van der Waals surface area contributed by atoms with E-state index in [4.69, 9.17) is 33.3 Å². The number of nitro groups is 4. The maximum absolute atomic E-state index is 12.1. The van der Waals surface area contributed by atoms with Crippen molar-refractivity contribution in [2.45, 2.75) is 115 Å². The van der Waals surface area contributed by atoms with Crippen molar-refractivity contribution in [3.8, 4) is 22.8 Å². The van der Waals surface area contributed by atoms with E-state index in [2.05, 4.69) is 130 Å². The predicted octanol–water partition coefficient (Wildman–Crippen LogP) is 7.08. The predicted molar refractivity (Wildman–Crippen MR) is 441 cm³/mol. The zero-order valence-electron chi connectivity index (χ0n) is 65.5. The van der Waals surface area contributed by atoms with Crippen LogP contribution < -0.4 is 44.1 Å². The summed E-state index contributed by atoms with van der Waals surface area (Å²) in [7, 11) is 0. The zero-order valence-corrected chi connectivity index (χ0v) is 69.4. The number of aromatic nitrogens is 15.